The third-order valence-corrected chi connectivity index (χ3v) is 4.88. The van der Waals surface area contributed by atoms with Crippen LogP contribution >= 0.6 is 46.4 Å². The maximum Gasteiger partial charge on any atom is 0.338 e. The molecule has 5 nitrogen and oxygen atoms in total. The fourth-order valence-electron chi connectivity index (χ4n) is 1.99. The molecule has 0 unspecified atom stereocenters. The minimum absolute atomic E-state index is 0.219. The Morgan fingerprint density at radius 3 is 2.08 bits per heavy atom. The third kappa shape index (κ3) is 3.61. The minimum atomic E-state index is -1.48. The van der Waals surface area contributed by atoms with E-state index in [1.807, 2.05) is 0 Å². The molecule has 0 bridgehead atoms. The maximum absolute atomic E-state index is 12.5. The van der Waals surface area contributed by atoms with Gasteiger partial charge in [0.1, 0.15) is 0 Å². The molecule has 9 heteroatoms. The Hall–Kier alpha value is -1.50. The van der Waals surface area contributed by atoms with Crippen LogP contribution in [0.4, 0.5) is 5.69 Å². The summed E-state index contributed by atoms with van der Waals surface area (Å²) < 4.78 is 0. The standard InChI is InChI=1S/C15H9Cl4NO4/c16-10-8(9(15(23)24)11(17)13(19)12(10)18)14(22)20-7-3-1-2-6(4-7)5-21/h1-4,21H,5H2,(H,20,22)(H,23,24). The lowest BCUT2D eigenvalue weighted by atomic mass is 10.1. The van der Waals surface area contributed by atoms with E-state index in [4.69, 9.17) is 51.5 Å². The van der Waals surface area contributed by atoms with E-state index < -0.39 is 23.0 Å². The van der Waals surface area contributed by atoms with Crippen molar-refractivity contribution in [3.63, 3.8) is 0 Å². The lowest BCUT2D eigenvalue weighted by Crippen LogP contribution is -2.18. The Morgan fingerprint density at radius 1 is 0.958 bits per heavy atom. The van der Waals surface area contributed by atoms with Gasteiger partial charge in [-0.3, -0.25) is 4.79 Å². The lowest BCUT2D eigenvalue weighted by molar-refractivity contribution is 0.0692. The predicted octanol–water partition coefficient (Wildman–Crippen LogP) is 4.74. The number of anilines is 1. The minimum Gasteiger partial charge on any atom is -0.478 e. The van der Waals surface area contributed by atoms with Gasteiger partial charge in [0.25, 0.3) is 5.91 Å². The Morgan fingerprint density at radius 2 is 1.54 bits per heavy atom. The molecule has 0 heterocycles. The summed E-state index contributed by atoms with van der Waals surface area (Å²) in [5.74, 6) is -2.30. The van der Waals surface area contributed by atoms with Crippen LogP contribution in [0.15, 0.2) is 24.3 Å². The first-order valence-electron chi connectivity index (χ1n) is 6.38. The molecule has 0 aromatic heterocycles. The Labute approximate surface area is 156 Å². The van der Waals surface area contributed by atoms with E-state index >= 15 is 0 Å². The van der Waals surface area contributed by atoms with E-state index in [2.05, 4.69) is 5.32 Å². The molecule has 0 saturated carbocycles. The van der Waals surface area contributed by atoms with Gasteiger partial charge in [0.2, 0.25) is 0 Å². The van der Waals surface area contributed by atoms with E-state index in [0.29, 0.717) is 11.3 Å². The van der Waals surface area contributed by atoms with E-state index in [0.717, 1.165) is 0 Å². The number of carboxylic acids is 1. The maximum atomic E-state index is 12.5. The Bertz CT molecular complexity index is 839. The highest BCUT2D eigenvalue weighted by Gasteiger charge is 2.28. The van der Waals surface area contributed by atoms with Crippen LogP contribution in [0.2, 0.25) is 20.1 Å². The number of halogens is 4. The van der Waals surface area contributed by atoms with Crippen LogP contribution in [0, 0.1) is 0 Å². The number of aliphatic hydroxyl groups excluding tert-OH is 1. The zero-order chi connectivity index (χ0) is 18.0. The van der Waals surface area contributed by atoms with Crippen molar-refractivity contribution in [1.82, 2.24) is 0 Å². The number of aromatic carboxylic acids is 1. The summed E-state index contributed by atoms with van der Waals surface area (Å²) in [7, 11) is 0. The number of aliphatic hydroxyl groups is 1. The van der Waals surface area contributed by atoms with Crippen LogP contribution in [0.5, 0.6) is 0 Å². The van der Waals surface area contributed by atoms with Crippen LogP contribution in [0.25, 0.3) is 0 Å². The number of hydrogen-bond donors (Lipinski definition) is 3. The van der Waals surface area contributed by atoms with Gasteiger partial charge in [0, 0.05) is 5.69 Å². The van der Waals surface area contributed by atoms with Crippen molar-refractivity contribution in [2.75, 3.05) is 5.32 Å². The highest BCUT2D eigenvalue weighted by atomic mass is 35.5. The molecule has 2 aromatic rings. The molecule has 2 rings (SSSR count). The van der Waals surface area contributed by atoms with Crippen LogP contribution < -0.4 is 5.32 Å². The van der Waals surface area contributed by atoms with Gasteiger partial charge in [-0.1, -0.05) is 58.5 Å². The molecule has 0 atom stereocenters. The van der Waals surface area contributed by atoms with Crippen LogP contribution in [0.1, 0.15) is 26.3 Å². The van der Waals surface area contributed by atoms with E-state index in [1.165, 1.54) is 6.07 Å². The Balaban J connectivity index is 2.54. The lowest BCUT2D eigenvalue weighted by Gasteiger charge is -2.14. The summed E-state index contributed by atoms with van der Waals surface area (Å²) in [6.07, 6.45) is 0. The van der Waals surface area contributed by atoms with Gasteiger partial charge in [0.15, 0.2) is 0 Å². The fourth-order valence-corrected chi connectivity index (χ4v) is 3.01. The van der Waals surface area contributed by atoms with Gasteiger partial charge >= 0.3 is 5.97 Å². The number of amides is 1. The molecule has 0 aliphatic carbocycles. The van der Waals surface area contributed by atoms with Gasteiger partial charge in [0.05, 0.1) is 37.8 Å². The summed E-state index contributed by atoms with van der Waals surface area (Å²) in [4.78, 5) is 24.0. The summed E-state index contributed by atoms with van der Waals surface area (Å²) in [6, 6.07) is 6.35. The molecule has 0 radical (unpaired) electrons. The average molecular weight is 409 g/mol. The number of benzene rings is 2. The number of rotatable bonds is 4. The summed E-state index contributed by atoms with van der Waals surface area (Å²) in [6.45, 7) is -0.219. The molecule has 3 N–H and O–H groups in total. The van der Waals surface area contributed by atoms with Crippen molar-refractivity contribution in [3.8, 4) is 0 Å². The zero-order valence-electron chi connectivity index (χ0n) is 11.7. The first-order valence-corrected chi connectivity index (χ1v) is 7.89. The molecule has 1 amide bonds. The monoisotopic (exact) mass is 407 g/mol. The normalized spacial score (nSPS) is 10.5. The molecule has 126 valence electrons. The largest absolute Gasteiger partial charge is 0.478 e. The molecular weight excluding hydrogens is 400 g/mol. The second-order valence-electron chi connectivity index (χ2n) is 4.62. The molecule has 0 saturated heterocycles. The number of nitrogens with one attached hydrogen (secondary N) is 1. The van der Waals surface area contributed by atoms with E-state index in [9.17, 15) is 14.7 Å². The number of carbonyl (C=O) groups excluding carboxylic acids is 1. The predicted molar refractivity (Wildman–Crippen MR) is 93.8 cm³/mol. The smallest absolute Gasteiger partial charge is 0.338 e. The van der Waals surface area contributed by atoms with Crippen LogP contribution in [0.3, 0.4) is 0 Å². The Kier molecular flexibility index (Phi) is 5.96. The molecule has 0 aliphatic heterocycles. The zero-order valence-corrected chi connectivity index (χ0v) is 14.8. The number of hydrogen-bond acceptors (Lipinski definition) is 3. The highest BCUT2D eigenvalue weighted by molar-refractivity contribution is 6.54. The average Bonchev–Trinajstić information content (AvgIpc) is 2.55. The van der Waals surface area contributed by atoms with Gasteiger partial charge in [-0.05, 0) is 17.7 Å². The summed E-state index contributed by atoms with van der Waals surface area (Å²) >= 11 is 23.6. The van der Waals surface area contributed by atoms with Crippen molar-refractivity contribution in [2.24, 2.45) is 0 Å². The third-order valence-electron chi connectivity index (χ3n) is 3.08. The molecule has 0 aliphatic rings. The van der Waals surface area contributed by atoms with Gasteiger partial charge in [-0.15, -0.1) is 0 Å². The second-order valence-corrected chi connectivity index (χ2v) is 6.14. The molecule has 2 aromatic carbocycles. The summed E-state index contributed by atoms with van der Waals surface area (Å²) in [5, 5.41) is 19.8. The topological polar surface area (TPSA) is 86.6 Å². The highest BCUT2D eigenvalue weighted by Crippen LogP contribution is 2.41. The van der Waals surface area contributed by atoms with Gasteiger partial charge in [-0.25, -0.2) is 4.79 Å². The van der Waals surface area contributed by atoms with E-state index in [-0.39, 0.29) is 26.7 Å². The number of carboxylic acid groups (broad SMARTS) is 1. The van der Waals surface area contributed by atoms with Crippen molar-refractivity contribution in [1.29, 1.82) is 0 Å². The molecular formula is C15H9Cl4NO4. The second kappa shape index (κ2) is 7.59. The molecule has 24 heavy (non-hydrogen) atoms. The van der Waals surface area contributed by atoms with Crippen molar-refractivity contribution in [2.45, 2.75) is 6.61 Å². The van der Waals surface area contributed by atoms with Crippen LogP contribution in [-0.4, -0.2) is 22.1 Å². The molecule has 0 fully saturated rings. The van der Waals surface area contributed by atoms with Crippen molar-refractivity contribution >= 4 is 64.0 Å². The van der Waals surface area contributed by atoms with Gasteiger partial charge < -0.3 is 15.5 Å². The van der Waals surface area contributed by atoms with Gasteiger partial charge in [-0.2, -0.15) is 0 Å². The summed E-state index contributed by atoms with van der Waals surface area (Å²) in [5.41, 5.74) is -0.0597. The van der Waals surface area contributed by atoms with Crippen molar-refractivity contribution < 1.29 is 19.8 Å². The fraction of sp³-hybridized carbons (Fsp3) is 0.0667. The van der Waals surface area contributed by atoms with E-state index in [1.54, 1.807) is 18.2 Å². The SMILES string of the molecule is O=C(O)c1c(Cl)c(Cl)c(Cl)c(Cl)c1C(=O)Nc1cccc(CO)c1. The number of carbonyl (C=O) groups is 2. The van der Waals surface area contributed by atoms with Crippen LogP contribution in [-0.2, 0) is 6.61 Å². The first kappa shape index (κ1) is 18.8. The quantitative estimate of drug-likeness (QED) is 0.503. The first-order chi connectivity index (χ1) is 11.3. The molecule has 0 spiro atoms. The van der Waals surface area contributed by atoms with Crippen molar-refractivity contribution in [3.05, 3.63) is 61.0 Å².